The average Bonchev–Trinajstić information content (AvgIpc) is 3.32. The predicted molar refractivity (Wildman–Crippen MR) is 110 cm³/mol. The number of esters is 1. The Morgan fingerprint density at radius 1 is 1.24 bits per heavy atom. The molecule has 1 aromatic carbocycles. The van der Waals surface area contributed by atoms with Crippen molar-refractivity contribution in [2.24, 2.45) is 5.92 Å². The third-order valence-electron chi connectivity index (χ3n) is 5.72. The molecule has 0 bridgehead atoms. The van der Waals surface area contributed by atoms with Gasteiger partial charge in [0.05, 0.1) is 12.6 Å². The molecule has 3 rings (SSSR count). The number of nitrogens with one attached hydrogen (secondary N) is 1. The molecule has 160 valence electrons. The van der Waals surface area contributed by atoms with Crippen LogP contribution in [0.1, 0.15) is 37.8 Å². The van der Waals surface area contributed by atoms with Gasteiger partial charge in [-0.25, -0.2) is 4.79 Å². The normalized spacial score (nSPS) is 20.5. The standard InChI is InChI=1S/C21H28N2O5.ClH/c1-3-28-21(27)18(16-11-14-7-4-5-8-15(14)12-16)22-13(2)19(24)23-10-6-9-17(23)20(25)26;/h4-5,7-8,13,16-18,22H,3,6,9-12H2,1-2H3,(H,25,26);1H/t13-,17-,18?;/m0./s1. The minimum atomic E-state index is -0.980. The van der Waals surface area contributed by atoms with Gasteiger partial charge < -0.3 is 14.7 Å². The summed E-state index contributed by atoms with van der Waals surface area (Å²) in [5.74, 6) is -1.63. The van der Waals surface area contributed by atoms with Crippen LogP contribution in [0, 0.1) is 5.92 Å². The molecule has 3 atom stereocenters. The zero-order chi connectivity index (χ0) is 20.3. The number of amides is 1. The third kappa shape index (κ3) is 5.08. The summed E-state index contributed by atoms with van der Waals surface area (Å²) < 4.78 is 5.26. The van der Waals surface area contributed by atoms with E-state index in [1.54, 1.807) is 13.8 Å². The molecule has 2 N–H and O–H groups in total. The molecule has 2 aliphatic rings. The van der Waals surface area contributed by atoms with Crippen LogP contribution in [0.4, 0.5) is 0 Å². The van der Waals surface area contributed by atoms with Crippen molar-refractivity contribution >= 4 is 30.3 Å². The smallest absolute Gasteiger partial charge is 0.326 e. The van der Waals surface area contributed by atoms with E-state index < -0.39 is 24.1 Å². The van der Waals surface area contributed by atoms with E-state index in [0.717, 1.165) is 12.8 Å². The van der Waals surface area contributed by atoms with Gasteiger partial charge in [0.2, 0.25) is 5.91 Å². The summed E-state index contributed by atoms with van der Waals surface area (Å²) in [5, 5.41) is 12.5. The van der Waals surface area contributed by atoms with Crippen LogP contribution < -0.4 is 5.32 Å². The van der Waals surface area contributed by atoms with E-state index in [9.17, 15) is 19.5 Å². The van der Waals surface area contributed by atoms with Crippen LogP contribution in [-0.4, -0.2) is 59.1 Å². The number of carbonyl (C=O) groups is 3. The first-order valence-corrected chi connectivity index (χ1v) is 9.95. The van der Waals surface area contributed by atoms with Crippen LogP contribution >= 0.6 is 12.4 Å². The van der Waals surface area contributed by atoms with Crippen molar-refractivity contribution in [2.75, 3.05) is 13.2 Å². The predicted octanol–water partition coefficient (Wildman–Crippen LogP) is 1.81. The lowest BCUT2D eigenvalue weighted by molar-refractivity contribution is -0.151. The Kier molecular flexibility index (Phi) is 8.05. The molecule has 1 aliphatic heterocycles. The summed E-state index contributed by atoms with van der Waals surface area (Å²) in [6, 6.07) is 6.03. The number of halogens is 1. The molecule has 1 amide bonds. The molecule has 0 radical (unpaired) electrons. The number of carboxylic acids is 1. The van der Waals surface area contributed by atoms with Gasteiger partial charge in [-0.15, -0.1) is 12.4 Å². The Balaban J connectivity index is 0.00000300. The maximum absolute atomic E-state index is 12.9. The van der Waals surface area contributed by atoms with Gasteiger partial charge in [0, 0.05) is 6.54 Å². The monoisotopic (exact) mass is 424 g/mol. The quantitative estimate of drug-likeness (QED) is 0.648. The minimum absolute atomic E-state index is 0. The lowest BCUT2D eigenvalue weighted by atomic mass is 9.95. The van der Waals surface area contributed by atoms with Crippen molar-refractivity contribution in [2.45, 2.75) is 57.7 Å². The molecule has 0 aromatic heterocycles. The second kappa shape index (κ2) is 10.1. The fourth-order valence-corrected chi connectivity index (χ4v) is 4.33. The van der Waals surface area contributed by atoms with Crippen molar-refractivity contribution in [3.8, 4) is 0 Å². The average molecular weight is 425 g/mol. The number of aliphatic carboxylic acids is 1. The zero-order valence-corrected chi connectivity index (χ0v) is 17.6. The van der Waals surface area contributed by atoms with Crippen LogP contribution in [0.25, 0.3) is 0 Å². The van der Waals surface area contributed by atoms with Crippen molar-refractivity contribution in [3.05, 3.63) is 35.4 Å². The van der Waals surface area contributed by atoms with Crippen LogP contribution in [0.15, 0.2) is 24.3 Å². The number of ether oxygens (including phenoxy) is 1. The molecular weight excluding hydrogens is 396 g/mol. The summed E-state index contributed by atoms with van der Waals surface area (Å²) in [4.78, 5) is 38.3. The first-order valence-electron chi connectivity index (χ1n) is 9.95. The number of carboxylic acid groups (broad SMARTS) is 1. The molecule has 29 heavy (non-hydrogen) atoms. The van der Waals surface area contributed by atoms with Crippen LogP contribution in [0.5, 0.6) is 0 Å². The highest BCUT2D eigenvalue weighted by molar-refractivity contribution is 5.88. The van der Waals surface area contributed by atoms with Crippen LogP contribution in [0.2, 0.25) is 0 Å². The van der Waals surface area contributed by atoms with E-state index in [1.165, 1.54) is 16.0 Å². The largest absolute Gasteiger partial charge is 0.480 e. The first kappa shape index (κ1) is 23.2. The van der Waals surface area contributed by atoms with E-state index in [4.69, 9.17) is 4.74 Å². The fourth-order valence-electron chi connectivity index (χ4n) is 4.33. The number of fused-ring (bicyclic) bond motifs is 1. The number of hydrogen-bond acceptors (Lipinski definition) is 5. The van der Waals surface area contributed by atoms with Gasteiger partial charge in [0.1, 0.15) is 12.1 Å². The van der Waals surface area contributed by atoms with Crippen LogP contribution in [-0.2, 0) is 32.0 Å². The van der Waals surface area contributed by atoms with E-state index in [1.807, 2.05) is 12.1 Å². The zero-order valence-electron chi connectivity index (χ0n) is 16.8. The Labute approximate surface area is 177 Å². The molecule has 1 fully saturated rings. The maximum atomic E-state index is 12.9. The molecule has 8 heteroatoms. The summed E-state index contributed by atoms with van der Waals surface area (Å²) in [6.45, 7) is 4.15. The summed E-state index contributed by atoms with van der Waals surface area (Å²) >= 11 is 0. The lowest BCUT2D eigenvalue weighted by Gasteiger charge is -2.30. The van der Waals surface area contributed by atoms with Gasteiger partial charge in [-0.05, 0) is 56.6 Å². The SMILES string of the molecule is CCOC(=O)C(N[C@@H](C)C(=O)N1CCC[C@H]1C(=O)O)C1Cc2ccccc2C1.Cl. The number of nitrogens with zero attached hydrogens (tertiary/aromatic N) is 1. The van der Waals surface area contributed by atoms with E-state index in [0.29, 0.717) is 19.4 Å². The lowest BCUT2D eigenvalue weighted by Crippen LogP contribution is -2.55. The fraction of sp³-hybridized carbons (Fsp3) is 0.571. The Hall–Kier alpha value is -2.12. The molecular formula is C21H29ClN2O5. The van der Waals surface area contributed by atoms with E-state index in [-0.39, 0.29) is 36.8 Å². The summed E-state index contributed by atoms with van der Waals surface area (Å²) in [5.41, 5.74) is 2.43. The van der Waals surface area contributed by atoms with Crippen LogP contribution in [0.3, 0.4) is 0 Å². The molecule has 1 aliphatic carbocycles. The highest BCUT2D eigenvalue weighted by atomic mass is 35.5. The molecule has 1 saturated heterocycles. The summed E-state index contributed by atoms with van der Waals surface area (Å²) in [6.07, 6.45) is 2.63. The van der Waals surface area contributed by atoms with Crippen molar-refractivity contribution < 1.29 is 24.2 Å². The van der Waals surface area contributed by atoms with Gasteiger partial charge in [-0.2, -0.15) is 0 Å². The molecule has 7 nitrogen and oxygen atoms in total. The Morgan fingerprint density at radius 3 is 2.41 bits per heavy atom. The molecule has 0 saturated carbocycles. The van der Waals surface area contributed by atoms with E-state index in [2.05, 4.69) is 17.4 Å². The number of hydrogen-bond donors (Lipinski definition) is 2. The van der Waals surface area contributed by atoms with Crippen molar-refractivity contribution in [3.63, 3.8) is 0 Å². The molecule has 1 heterocycles. The number of likely N-dealkylation sites (tertiary alicyclic amines) is 1. The van der Waals surface area contributed by atoms with E-state index >= 15 is 0 Å². The third-order valence-corrected chi connectivity index (χ3v) is 5.72. The topological polar surface area (TPSA) is 95.9 Å². The van der Waals surface area contributed by atoms with Gasteiger partial charge in [0.25, 0.3) is 0 Å². The molecule has 0 spiro atoms. The summed E-state index contributed by atoms with van der Waals surface area (Å²) in [7, 11) is 0. The molecule has 1 unspecified atom stereocenters. The highest BCUT2D eigenvalue weighted by Crippen LogP contribution is 2.29. The van der Waals surface area contributed by atoms with Gasteiger partial charge in [0.15, 0.2) is 0 Å². The number of benzene rings is 1. The minimum Gasteiger partial charge on any atom is -0.480 e. The second-order valence-electron chi connectivity index (χ2n) is 7.58. The highest BCUT2D eigenvalue weighted by Gasteiger charge is 2.39. The van der Waals surface area contributed by atoms with Gasteiger partial charge in [-0.3, -0.25) is 14.9 Å². The van der Waals surface area contributed by atoms with Gasteiger partial charge in [-0.1, -0.05) is 24.3 Å². The maximum Gasteiger partial charge on any atom is 0.326 e. The molecule has 1 aromatic rings. The van der Waals surface area contributed by atoms with Crippen molar-refractivity contribution in [1.82, 2.24) is 10.2 Å². The number of carbonyl (C=O) groups excluding carboxylic acids is 2. The number of rotatable bonds is 7. The Bertz CT molecular complexity index is 731. The van der Waals surface area contributed by atoms with Gasteiger partial charge >= 0.3 is 11.9 Å². The van der Waals surface area contributed by atoms with Crippen molar-refractivity contribution in [1.29, 1.82) is 0 Å². The first-order chi connectivity index (χ1) is 13.4. The second-order valence-corrected chi connectivity index (χ2v) is 7.58. The Morgan fingerprint density at radius 2 is 1.86 bits per heavy atom.